The largest absolute Gasteiger partial charge is 0.510 e. The van der Waals surface area contributed by atoms with Crippen LogP contribution in [0.1, 0.15) is 22.3 Å². The fourth-order valence-corrected chi connectivity index (χ4v) is 6.61. The smallest absolute Gasteiger partial charge is 0.255 e. The van der Waals surface area contributed by atoms with Gasteiger partial charge in [0.05, 0.1) is 11.6 Å². The molecule has 5 rings (SSSR count). The summed E-state index contributed by atoms with van der Waals surface area (Å²) in [7, 11) is 6.46. The number of benzene rings is 2. The van der Waals surface area contributed by atoms with Crippen LogP contribution in [0.15, 0.2) is 46.9 Å². The molecule has 0 saturated heterocycles. The molecule has 41 heavy (non-hydrogen) atoms. The van der Waals surface area contributed by atoms with Gasteiger partial charge in [0.2, 0.25) is 5.78 Å². The Kier molecular flexibility index (Phi) is 6.47. The lowest BCUT2D eigenvalue weighted by atomic mass is 9.58. The Morgan fingerprint density at radius 1 is 1.05 bits per heavy atom. The Labute approximate surface area is 233 Å². The number of carbonyl (C=O) groups excluding carboxylic acids is 3. The van der Waals surface area contributed by atoms with E-state index in [2.05, 4.69) is 0 Å². The summed E-state index contributed by atoms with van der Waals surface area (Å²) in [6.45, 7) is 0. The Bertz CT molecular complexity index is 1610. The van der Waals surface area contributed by atoms with Crippen molar-refractivity contribution in [2.75, 3.05) is 33.1 Å². The van der Waals surface area contributed by atoms with E-state index in [9.17, 15) is 43.6 Å². The summed E-state index contributed by atoms with van der Waals surface area (Å²) < 4.78 is 28.4. The summed E-state index contributed by atoms with van der Waals surface area (Å²) in [6, 6.07) is 3.14. The van der Waals surface area contributed by atoms with E-state index in [4.69, 9.17) is 5.73 Å². The first-order valence-electron chi connectivity index (χ1n) is 12.8. The molecule has 6 N–H and O–H groups in total. The number of likely N-dealkylation sites (N-methyl/N-ethyl adjacent to an activating group) is 1. The molecule has 4 atom stereocenters. The van der Waals surface area contributed by atoms with Crippen molar-refractivity contribution in [2.24, 2.45) is 17.6 Å². The van der Waals surface area contributed by atoms with Gasteiger partial charge in [-0.1, -0.05) is 0 Å². The third-order valence-electron chi connectivity index (χ3n) is 8.40. The molecular formula is C29H29F2N3O7. The minimum absolute atomic E-state index is 0.0618. The third kappa shape index (κ3) is 3.85. The Morgan fingerprint density at radius 3 is 2.27 bits per heavy atom. The number of nitrogens with zero attached hydrogens (tertiary/aromatic N) is 2. The number of aliphatic hydroxyl groups is 3. The number of primary amides is 1. The zero-order valence-corrected chi connectivity index (χ0v) is 22.7. The van der Waals surface area contributed by atoms with Crippen molar-refractivity contribution in [3.05, 3.63) is 69.7 Å². The Morgan fingerprint density at radius 2 is 1.71 bits per heavy atom. The number of hydrogen-bond acceptors (Lipinski definition) is 9. The summed E-state index contributed by atoms with van der Waals surface area (Å²) in [5.74, 6) is -9.55. The van der Waals surface area contributed by atoms with Crippen molar-refractivity contribution in [1.82, 2.24) is 4.90 Å². The fraction of sp³-hybridized carbons (Fsp3) is 0.345. The number of Topliss-reactive ketones (excluding diaryl/α,β-unsaturated/α-hetero) is 2. The fourth-order valence-electron chi connectivity index (χ4n) is 6.61. The van der Waals surface area contributed by atoms with E-state index >= 15 is 0 Å². The molecule has 0 radical (unpaired) electrons. The van der Waals surface area contributed by atoms with E-state index in [1.165, 1.54) is 11.0 Å². The van der Waals surface area contributed by atoms with Crippen LogP contribution < -0.4 is 10.6 Å². The zero-order chi connectivity index (χ0) is 30.3. The van der Waals surface area contributed by atoms with Crippen molar-refractivity contribution >= 4 is 23.2 Å². The van der Waals surface area contributed by atoms with Crippen LogP contribution in [0.25, 0.3) is 11.1 Å². The molecule has 216 valence electrons. The molecule has 2 aromatic rings. The van der Waals surface area contributed by atoms with Crippen LogP contribution >= 0.6 is 0 Å². The van der Waals surface area contributed by atoms with Gasteiger partial charge in [0.25, 0.3) is 5.91 Å². The van der Waals surface area contributed by atoms with Crippen LogP contribution in [0.2, 0.25) is 0 Å². The average molecular weight is 570 g/mol. The topological polar surface area (TPSA) is 165 Å². The molecule has 4 unspecified atom stereocenters. The minimum Gasteiger partial charge on any atom is -0.510 e. The molecule has 2 aromatic carbocycles. The van der Waals surface area contributed by atoms with Crippen LogP contribution in [-0.4, -0.2) is 82.6 Å². The number of phenols is 1. The van der Waals surface area contributed by atoms with Gasteiger partial charge in [-0.25, -0.2) is 8.78 Å². The number of phenolic OH excluding ortho intramolecular Hbond substituents is 1. The SMILES string of the molecule is CN(C)c1cc(-c2ccc(F)cc2F)c(O)c2c1CC1CC3C(N(C)C)C(O)=C(C(N)=O)C(=O)C3(O)C(O)=C1C2=O. The highest BCUT2D eigenvalue weighted by Gasteiger charge is 2.63. The highest BCUT2D eigenvalue weighted by atomic mass is 19.1. The number of aromatic hydroxyl groups is 1. The zero-order valence-electron chi connectivity index (χ0n) is 22.7. The number of carbonyl (C=O) groups is 3. The lowest BCUT2D eigenvalue weighted by Gasteiger charge is -2.50. The van der Waals surface area contributed by atoms with E-state index in [1.807, 2.05) is 0 Å². The number of anilines is 1. The molecule has 0 fully saturated rings. The number of hydrogen-bond donors (Lipinski definition) is 5. The molecule has 0 aromatic heterocycles. The van der Waals surface area contributed by atoms with Crippen LogP contribution in [0.5, 0.6) is 5.75 Å². The second-order valence-corrected chi connectivity index (χ2v) is 11.1. The van der Waals surface area contributed by atoms with E-state index in [-0.39, 0.29) is 35.1 Å². The van der Waals surface area contributed by atoms with Crippen LogP contribution in [0.3, 0.4) is 0 Å². The van der Waals surface area contributed by atoms with Gasteiger partial charge in [-0.15, -0.1) is 0 Å². The van der Waals surface area contributed by atoms with Gasteiger partial charge in [-0.2, -0.15) is 0 Å². The maximum Gasteiger partial charge on any atom is 0.255 e. The number of fused-ring (bicyclic) bond motifs is 3. The third-order valence-corrected chi connectivity index (χ3v) is 8.40. The van der Waals surface area contributed by atoms with Gasteiger partial charge in [0.15, 0.2) is 11.4 Å². The first-order valence-corrected chi connectivity index (χ1v) is 12.8. The number of nitrogens with two attached hydrogens (primary N) is 1. The molecule has 0 bridgehead atoms. The maximum absolute atomic E-state index is 14.8. The molecule has 0 spiro atoms. The lowest BCUT2D eigenvalue weighted by molar-refractivity contribution is -0.148. The summed E-state index contributed by atoms with van der Waals surface area (Å²) in [4.78, 5) is 42.8. The summed E-state index contributed by atoms with van der Waals surface area (Å²) >= 11 is 0. The highest BCUT2D eigenvalue weighted by molar-refractivity contribution is 6.25. The molecule has 0 heterocycles. The number of allylic oxidation sites excluding steroid dienone is 1. The van der Waals surface area contributed by atoms with E-state index < -0.39 is 75.4 Å². The average Bonchev–Trinajstić information content (AvgIpc) is 2.86. The molecule has 3 aliphatic rings. The van der Waals surface area contributed by atoms with Crippen LogP contribution in [0, 0.1) is 23.5 Å². The molecule has 3 aliphatic carbocycles. The number of rotatable bonds is 4. The van der Waals surface area contributed by atoms with Crippen molar-refractivity contribution in [3.63, 3.8) is 0 Å². The van der Waals surface area contributed by atoms with Gasteiger partial charge in [0, 0.05) is 48.5 Å². The van der Waals surface area contributed by atoms with E-state index in [0.717, 1.165) is 12.1 Å². The summed E-state index contributed by atoms with van der Waals surface area (Å²) in [5.41, 5.74) is 1.65. The quantitative estimate of drug-likeness (QED) is 0.347. The van der Waals surface area contributed by atoms with Crippen molar-refractivity contribution in [3.8, 4) is 16.9 Å². The van der Waals surface area contributed by atoms with Gasteiger partial charge in [0.1, 0.15) is 34.5 Å². The normalized spacial score (nSPS) is 25.7. The summed E-state index contributed by atoms with van der Waals surface area (Å²) in [5, 5.41) is 45.4. The van der Waals surface area contributed by atoms with E-state index in [0.29, 0.717) is 17.3 Å². The number of aliphatic hydroxyl groups excluding tert-OH is 2. The molecule has 0 aliphatic heterocycles. The standard InChI is InChI=1S/C29H29F2N3O7/c1-33(2)18-10-14(13-6-5-12(30)9-17(13)31)23(35)20-15(18)7-11-8-16-22(34(3)4)25(37)21(28(32)40)27(39)29(16,41)26(38)19(11)24(20)36/h5-6,9-11,16,22,35,37-38,41H,7-8H2,1-4H3,(H2,32,40). The molecule has 0 saturated carbocycles. The second kappa shape index (κ2) is 9.38. The first-order chi connectivity index (χ1) is 19.1. The lowest BCUT2D eigenvalue weighted by Crippen LogP contribution is -2.63. The molecular weight excluding hydrogens is 540 g/mol. The van der Waals surface area contributed by atoms with Gasteiger partial charge in [-0.3, -0.25) is 19.3 Å². The predicted molar refractivity (Wildman–Crippen MR) is 143 cm³/mol. The Balaban J connectivity index is 1.77. The van der Waals surface area contributed by atoms with Gasteiger partial charge >= 0.3 is 0 Å². The van der Waals surface area contributed by atoms with Crippen molar-refractivity contribution in [2.45, 2.75) is 24.5 Å². The van der Waals surface area contributed by atoms with Gasteiger partial charge in [-0.05, 0) is 56.6 Å². The minimum atomic E-state index is -2.77. The molecule has 1 amide bonds. The second-order valence-electron chi connectivity index (χ2n) is 11.1. The Hall–Kier alpha value is -4.29. The van der Waals surface area contributed by atoms with Crippen LogP contribution in [-0.2, 0) is 16.0 Å². The summed E-state index contributed by atoms with van der Waals surface area (Å²) in [6.07, 6.45) is 0.00945. The van der Waals surface area contributed by atoms with E-state index in [1.54, 1.807) is 33.1 Å². The monoisotopic (exact) mass is 569 g/mol. The number of ketones is 2. The van der Waals surface area contributed by atoms with Crippen LogP contribution in [0.4, 0.5) is 14.5 Å². The molecule has 12 heteroatoms. The van der Waals surface area contributed by atoms with Crippen molar-refractivity contribution < 1.29 is 43.6 Å². The maximum atomic E-state index is 14.8. The highest BCUT2D eigenvalue weighted by Crippen LogP contribution is 2.54. The predicted octanol–water partition coefficient (Wildman–Crippen LogP) is 2.13. The number of halogens is 2. The van der Waals surface area contributed by atoms with Gasteiger partial charge < -0.3 is 31.1 Å². The first kappa shape index (κ1) is 28.2. The van der Waals surface area contributed by atoms with Crippen molar-refractivity contribution in [1.29, 1.82) is 0 Å². The number of amides is 1. The molecule has 10 nitrogen and oxygen atoms in total.